The van der Waals surface area contributed by atoms with Crippen LogP contribution in [0.25, 0.3) is 0 Å². The maximum Gasteiger partial charge on any atom is 0.255 e. The van der Waals surface area contributed by atoms with Crippen LogP contribution < -0.4 is 4.90 Å². The standard InChI is InChI=1S/C20H23N7O2/c1-25-10-15(9-24-25)16-11-27(12-17-19(16)23-13-22-17)20(28)14-2-3-18(21-8-14)26-4-6-29-7-5-26/h2-3,8-10,13,16H,4-7,11-12H2,1H3,(H,22,23). The number of carbonyl (C=O) groups excluding carboxylic acids is 1. The molecule has 9 nitrogen and oxygen atoms in total. The molecule has 150 valence electrons. The van der Waals surface area contributed by atoms with Crippen LogP contribution in [0, 0.1) is 0 Å². The average molecular weight is 393 g/mol. The number of hydrogen-bond donors (Lipinski definition) is 1. The summed E-state index contributed by atoms with van der Waals surface area (Å²) >= 11 is 0. The second-order valence-corrected chi connectivity index (χ2v) is 7.46. The van der Waals surface area contributed by atoms with Crippen LogP contribution in [0.2, 0.25) is 0 Å². The Hall–Kier alpha value is -3.20. The molecule has 1 fully saturated rings. The summed E-state index contributed by atoms with van der Waals surface area (Å²) in [5, 5.41) is 4.28. The first kappa shape index (κ1) is 17.9. The first-order valence-electron chi connectivity index (χ1n) is 9.78. The zero-order valence-electron chi connectivity index (χ0n) is 16.3. The van der Waals surface area contributed by atoms with E-state index >= 15 is 0 Å². The van der Waals surface area contributed by atoms with Gasteiger partial charge in [0.25, 0.3) is 5.91 Å². The SMILES string of the molecule is Cn1cc(C2CN(C(=O)c3ccc(N4CCOCC4)nc3)Cc3[nH]cnc32)cn1. The Balaban J connectivity index is 1.37. The van der Waals surface area contributed by atoms with Crippen LogP contribution in [0.4, 0.5) is 5.82 Å². The Morgan fingerprint density at radius 2 is 2.07 bits per heavy atom. The molecule has 1 amide bonds. The molecule has 1 N–H and O–H groups in total. The van der Waals surface area contributed by atoms with Crippen LogP contribution in [0.15, 0.2) is 37.1 Å². The second-order valence-electron chi connectivity index (χ2n) is 7.46. The van der Waals surface area contributed by atoms with E-state index in [9.17, 15) is 4.79 Å². The van der Waals surface area contributed by atoms with Gasteiger partial charge in [-0.05, 0) is 12.1 Å². The summed E-state index contributed by atoms with van der Waals surface area (Å²) in [4.78, 5) is 29.4. The summed E-state index contributed by atoms with van der Waals surface area (Å²) in [6, 6.07) is 3.78. The van der Waals surface area contributed by atoms with Crippen molar-refractivity contribution >= 4 is 11.7 Å². The number of aromatic nitrogens is 5. The van der Waals surface area contributed by atoms with Gasteiger partial charge >= 0.3 is 0 Å². The summed E-state index contributed by atoms with van der Waals surface area (Å²) in [5.74, 6) is 0.857. The third-order valence-electron chi connectivity index (χ3n) is 5.58. The van der Waals surface area contributed by atoms with Crippen LogP contribution in [-0.2, 0) is 18.3 Å². The third-order valence-corrected chi connectivity index (χ3v) is 5.58. The van der Waals surface area contributed by atoms with E-state index < -0.39 is 0 Å². The van der Waals surface area contributed by atoms with Crippen molar-refractivity contribution in [2.75, 3.05) is 37.7 Å². The molecule has 0 spiro atoms. The molecule has 3 aromatic heterocycles. The number of nitrogens with zero attached hydrogens (tertiary/aromatic N) is 6. The van der Waals surface area contributed by atoms with Gasteiger partial charge in [0, 0.05) is 50.6 Å². The van der Waals surface area contributed by atoms with Gasteiger partial charge in [-0.2, -0.15) is 5.10 Å². The lowest BCUT2D eigenvalue weighted by atomic mass is 9.93. The number of fused-ring (bicyclic) bond motifs is 1. The van der Waals surface area contributed by atoms with Crippen molar-refractivity contribution in [3.63, 3.8) is 0 Å². The highest BCUT2D eigenvalue weighted by atomic mass is 16.5. The van der Waals surface area contributed by atoms with Crippen molar-refractivity contribution in [2.45, 2.75) is 12.5 Å². The molecule has 0 radical (unpaired) electrons. The zero-order chi connectivity index (χ0) is 19.8. The fraction of sp³-hybridized carbons (Fsp3) is 0.400. The lowest BCUT2D eigenvalue weighted by Gasteiger charge is -2.32. The van der Waals surface area contributed by atoms with E-state index in [4.69, 9.17) is 4.74 Å². The lowest BCUT2D eigenvalue weighted by Crippen LogP contribution is -2.39. The molecule has 2 aliphatic heterocycles. The van der Waals surface area contributed by atoms with Gasteiger partial charge in [0.1, 0.15) is 5.82 Å². The number of imidazole rings is 1. The van der Waals surface area contributed by atoms with Crippen LogP contribution >= 0.6 is 0 Å². The van der Waals surface area contributed by atoms with Crippen molar-refractivity contribution in [2.24, 2.45) is 7.05 Å². The predicted octanol–water partition coefficient (Wildman–Crippen LogP) is 1.16. The molecule has 3 aromatic rings. The summed E-state index contributed by atoms with van der Waals surface area (Å²) < 4.78 is 7.16. The van der Waals surface area contributed by atoms with E-state index in [1.165, 1.54) is 0 Å². The third kappa shape index (κ3) is 3.38. The Kier molecular flexibility index (Phi) is 4.51. The van der Waals surface area contributed by atoms with Crippen molar-refractivity contribution < 1.29 is 9.53 Å². The highest BCUT2D eigenvalue weighted by Crippen LogP contribution is 2.32. The number of morpholine rings is 1. The van der Waals surface area contributed by atoms with E-state index in [0.717, 1.165) is 35.9 Å². The minimum Gasteiger partial charge on any atom is -0.378 e. The minimum atomic E-state index is -0.0276. The Morgan fingerprint density at radius 3 is 2.79 bits per heavy atom. The molecule has 0 aliphatic carbocycles. The number of rotatable bonds is 3. The second kappa shape index (κ2) is 7.32. The normalized spacial score (nSPS) is 19.3. The van der Waals surface area contributed by atoms with Gasteiger partial charge < -0.3 is 19.5 Å². The number of hydrogen-bond acceptors (Lipinski definition) is 6. The number of ether oxygens (including phenoxy) is 1. The van der Waals surface area contributed by atoms with E-state index in [2.05, 4.69) is 25.0 Å². The maximum absolute atomic E-state index is 13.2. The predicted molar refractivity (Wildman–Crippen MR) is 106 cm³/mol. The first-order valence-corrected chi connectivity index (χ1v) is 9.78. The molecule has 29 heavy (non-hydrogen) atoms. The number of pyridine rings is 1. The van der Waals surface area contributed by atoms with E-state index in [0.29, 0.717) is 31.9 Å². The number of aromatic amines is 1. The molecule has 9 heteroatoms. The number of amides is 1. The van der Waals surface area contributed by atoms with Crippen molar-refractivity contribution in [3.8, 4) is 0 Å². The van der Waals surface area contributed by atoms with Gasteiger partial charge in [-0.1, -0.05) is 0 Å². The van der Waals surface area contributed by atoms with E-state index in [1.54, 1.807) is 17.2 Å². The Bertz CT molecular complexity index is 1000. The minimum absolute atomic E-state index is 0.00299. The zero-order valence-corrected chi connectivity index (χ0v) is 16.3. The lowest BCUT2D eigenvalue weighted by molar-refractivity contribution is 0.0721. The van der Waals surface area contributed by atoms with Crippen molar-refractivity contribution in [3.05, 3.63) is 59.6 Å². The average Bonchev–Trinajstić information content (AvgIpc) is 3.42. The van der Waals surface area contributed by atoms with E-state index in [-0.39, 0.29) is 11.8 Å². The van der Waals surface area contributed by atoms with Crippen LogP contribution in [0.3, 0.4) is 0 Å². The molecule has 2 aliphatic rings. The number of H-pyrrole nitrogens is 1. The summed E-state index contributed by atoms with van der Waals surface area (Å²) in [5.41, 5.74) is 3.60. The van der Waals surface area contributed by atoms with Crippen LogP contribution in [0.1, 0.15) is 33.2 Å². The quantitative estimate of drug-likeness (QED) is 0.718. The number of carbonyl (C=O) groups is 1. The molecular formula is C20H23N7O2. The van der Waals surface area contributed by atoms with Crippen molar-refractivity contribution in [1.82, 2.24) is 29.6 Å². The largest absolute Gasteiger partial charge is 0.378 e. The maximum atomic E-state index is 13.2. The molecule has 1 saturated heterocycles. The van der Waals surface area contributed by atoms with Crippen LogP contribution in [0.5, 0.6) is 0 Å². The van der Waals surface area contributed by atoms with Gasteiger partial charge in [-0.25, -0.2) is 9.97 Å². The highest BCUT2D eigenvalue weighted by Gasteiger charge is 2.32. The van der Waals surface area contributed by atoms with Gasteiger partial charge in [-0.15, -0.1) is 0 Å². The summed E-state index contributed by atoms with van der Waals surface area (Å²) in [7, 11) is 1.89. The Morgan fingerprint density at radius 1 is 1.21 bits per heavy atom. The number of anilines is 1. The fourth-order valence-corrected chi connectivity index (χ4v) is 4.03. The summed E-state index contributed by atoms with van der Waals surface area (Å²) in [6.07, 6.45) is 7.20. The molecule has 1 atom stereocenters. The number of nitrogens with one attached hydrogen (secondary N) is 1. The molecule has 0 saturated carbocycles. The molecular weight excluding hydrogens is 370 g/mol. The molecule has 0 aromatic carbocycles. The van der Waals surface area contributed by atoms with E-state index in [1.807, 2.05) is 36.5 Å². The first-order chi connectivity index (χ1) is 14.2. The van der Waals surface area contributed by atoms with Gasteiger partial charge in [0.2, 0.25) is 0 Å². The van der Waals surface area contributed by atoms with Crippen molar-refractivity contribution in [1.29, 1.82) is 0 Å². The molecule has 1 unspecified atom stereocenters. The Labute approximate surface area is 168 Å². The molecule has 5 rings (SSSR count). The van der Waals surface area contributed by atoms with Gasteiger partial charge in [0.05, 0.1) is 49.2 Å². The number of aryl methyl sites for hydroxylation is 1. The van der Waals surface area contributed by atoms with Crippen LogP contribution in [-0.4, -0.2) is 68.4 Å². The molecule has 5 heterocycles. The van der Waals surface area contributed by atoms with Gasteiger partial charge in [0.15, 0.2) is 0 Å². The highest BCUT2D eigenvalue weighted by molar-refractivity contribution is 5.94. The van der Waals surface area contributed by atoms with Gasteiger partial charge in [-0.3, -0.25) is 9.48 Å². The summed E-state index contributed by atoms with van der Waals surface area (Å²) in [6.45, 7) is 4.13. The fourth-order valence-electron chi connectivity index (χ4n) is 4.03. The smallest absolute Gasteiger partial charge is 0.255 e. The molecule has 0 bridgehead atoms. The monoisotopic (exact) mass is 393 g/mol. The topological polar surface area (TPSA) is 92.2 Å².